The summed E-state index contributed by atoms with van der Waals surface area (Å²) in [6, 6.07) is 0.517. The highest BCUT2D eigenvalue weighted by Gasteiger charge is 2.58. The van der Waals surface area contributed by atoms with Crippen molar-refractivity contribution in [2.24, 2.45) is 5.73 Å². The number of phenolic OH excluding ortho intramolecular Hbond substituents is 1. The van der Waals surface area contributed by atoms with Crippen LogP contribution >= 0.6 is 11.8 Å². The lowest BCUT2D eigenvalue weighted by Gasteiger charge is -2.35. The van der Waals surface area contributed by atoms with E-state index < -0.39 is 35.1 Å². The number of aromatic hydroxyl groups is 1. The van der Waals surface area contributed by atoms with Crippen LogP contribution in [-0.4, -0.2) is 34.0 Å². The van der Waals surface area contributed by atoms with Gasteiger partial charge in [0, 0.05) is 17.4 Å². The number of hydrogen-bond donors (Lipinski definition) is 3. The molecule has 0 aromatic heterocycles. The molecule has 19 heavy (non-hydrogen) atoms. The minimum Gasteiger partial charge on any atom is -0.508 e. The maximum Gasteiger partial charge on any atom is 0.419 e. The number of rotatable bonds is 4. The summed E-state index contributed by atoms with van der Waals surface area (Å²) in [6.07, 6.45) is -3.59. The smallest absolute Gasteiger partial charge is 0.419 e. The van der Waals surface area contributed by atoms with E-state index in [9.17, 15) is 27.8 Å². The molecule has 0 aliphatic heterocycles. The summed E-state index contributed by atoms with van der Waals surface area (Å²) >= 11 is 0.762. The zero-order chi connectivity index (χ0) is 14.8. The molecular weight excluding hydrogens is 286 g/mol. The molecule has 0 bridgehead atoms. The van der Waals surface area contributed by atoms with Crippen LogP contribution in [-0.2, 0) is 0 Å². The fourth-order valence-corrected chi connectivity index (χ4v) is 2.39. The summed E-state index contributed by atoms with van der Waals surface area (Å²) < 4.78 is 51.6. The number of phenols is 1. The highest BCUT2D eigenvalue weighted by molar-refractivity contribution is 7.98. The highest BCUT2D eigenvalue weighted by atomic mass is 32.2. The summed E-state index contributed by atoms with van der Waals surface area (Å²) in [5.74, 6) is -2.24. The molecule has 108 valence electrons. The number of thioether (sulfide) groups is 1. The largest absolute Gasteiger partial charge is 0.508 e. The van der Waals surface area contributed by atoms with Crippen molar-refractivity contribution in [2.75, 3.05) is 12.0 Å². The minimum absolute atomic E-state index is 0.365. The Hall–Kier alpha value is -0.990. The highest BCUT2D eigenvalue weighted by Crippen LogP contribution is 2.42. The molecule has 0 aliphatic rings. The number of benzene rings is 1. The van der Waals surface area contributed by atoms with Gasteiger partial charge in [-0.25, -0.2) is 4.39 Å². The second kappa shape index (κ2) is 5.56. The van der Waals surface area contributed by atoms with Crippen LogP contribution in [0.3, 0.4) is 0 Å². The van der Waals surface area contributed by atoms with Gasteiger partial charge in [-0.2, -0.15) is 24.9 Å². The first-order valence-electron chi connectivity index (χ1n) is 5.15. The molecule has 0 amide bonds. The molecule has 1 aromatic carbocycles. The SMILES string of the molecule is CSCC(O)(C(N)c1ccc(F)cc1O)C(F)(F)F. The first kappa shape index (κ1) is 16.1. The van der Waals surface area contributed by atoms with Gasteiger partial charge in [-0.1, -0.05) is 6.07 Å². The zero-order valence-electron chi connectivity index (χ0n) is 9.91. The number of nitrogens with two attached hydrogens (primary N) is 1. The Labute approximate surface area is 111 Å². The summed E-state index contributed by atoms with van der Waals surface area (Å²) in [6.45, 7) is 0. The van der Waals surface area contributed by atoms with Gasteiger partial charge in [-0.15, -0.1) is 0 Å². The van der Waals surface area contributed by atoms with Crippen LogP contribution in [0.4, 0.5) is 17.6 Å². The van der Waals surface area contributed by atoms with Crippen molar-refractivity contribution >= 4 is 11.8 Å². The number of hydrogen-bond acceptors (Lipinski definition) is 4. The molecule has 4 N–H and O–H groups in total. The van der Waals surface area contributed by atoms with E-state index in [0.29, 0.717) is 6.07 Å². The molecule has 1 aromatic rings. The van der Waals surface area contributed by atoms with Crippen LogP contribution in [0.5, 0.6) is 5.75 Å². The molecule has 0 heterocycles. The lowest BCUT2D eigenvalue weighted by molar-refractivity contribution is -0.258. The van der Waals surface area contributed by atoms with Crippen molar-refractivity contribution < 1.29 is 27.8 Å². The molecule has 0 radical (unpaired) electrons. The zero-order valence-corrected chi connectivity index (χ0v) is 10.7. The summed E-state index contributed by atoms with van der Waals surface area (Å²) in [5.41, 5.74) is 1.86. The van der Waals surface area contributed by atoms with Crippen molar-refractivity contribution in [1.82, 2.24) is 0 Å². The van der Waals surface area contributed by atoms with Crippen molar-refractivity contribution in [3.8, 4) is 5.75 Å². The molecule has 0 aliphatic carbocycles. The van der Waals surface area contributed by atoms with E-state index in [1.165, 1.54) is 6.26 Å². The first-order valence-corrected chi connectivity index (χ1v) is 6.55. The van der Waals surface area contributed by atoms with Gasteiger partial charge in [0.15, 0.2) is 5.60 Å². The van der Waals surface area contributed by atoms with Gasteiger partial charge in [0.25, 0.3) is 0 Å². The summed E-state index contributed by atoms with van der Waals surface area (Å²) in [4.78, 5) is 0. The third kappa shape index (κ3) is 3.13. The predicted molar refractivity (Wildman–Crippen MR) is 64.4 cm³/mol. The third-order valence-electron chi connectivity index (χ3n) is 2.70. The molecule has 3 nitrogen and oxygen atoms in total. The fraction of sp³-hybridized carbons (Fsp3) is 0.455. The standard InChI is InChI=1S/C11H13F4NO2S/c1-19-5-10(18,11(13,14)15)9(16)7-3-2-6(12)4-8(7)17/h2-4,9,17-18H,5,16H2,1H3. The molecular formula is C11H13F4NO2S. The molecule has 0 fully saturated rings. The van der Waals surface area contributed by atoms with Gasteiger partial charge in [0.05, 0.1) is 6.04 Å². The van der Waals surface area contributed by atoms with Crippen molar-refractivity contribution in [1.29, 1.82) is 0 Å². The van der Waals surface area contributed by atoms with Crippen LogP contribution in [0.1, 0.15) is 11.6 Å². The molecule has 2 atom stereocenters. The Balaban J connectivity index is 3.24. The summed E-state index contributed by atoms with van der Waals surface area (Å²) in [5, 5.41) is 19.2. The molecule has 2 unspecified atom stereocenters. The van der Waals surface area contributed by atoms with Crippen molar-refractivity contribution in [2.45, 2.75) is 17.8 Å². The quantitative estimate of drug-likeness (QED) is 0.746. The van der Waals surface area contributed by atoms with Crippen LogP contribution in [0.25, 0.3) is 0 Å². The van der Waals surface area contributed by atoms with E-state index in [1.807, 2.05) is 0 Å². The number of alkyl halides is 3. The Morgan fingerprint density at radius 1 is 1.37 bits per heavy atom. The Kier molecular flexibility index (Phi) is 4.70. The second-order valence-electron chi connectivity index (χ2n) is 4.04. The van der Waals surface area contributed by atoms with Crippen LogP contribution in [0.2, 0.25) is 0 Å². The average Bonchev–Trinajstić information content (AvgIpc) is 2.27. The first-order chi connectivity index (χ1) is 8.63. The van der Waals surface area contributed by atoms with E-state index in [0.717, 1.165) is 23.9 Å². The number of aliphatic hydroxyl groups is 1. The number of halogens is 4. The Bertz CT molecular complexity index is 455. The van der Waals surface area contributed by atoms with E-state index in [1.54, 1.807) is 0 Å². The van der Waals surface area contributed by atoms with Crippen LogP contribution in [0, 0.1) is 5.82 Å². The van der Waals surface area contributed by atoms with Gasteiger partial charge in [0.1, 0.15) is 11.6 Å². The van der Waals surface area contributed by atoms with Crippen LogP contribution in [0.15, 0.2) is 18.2 Å². The van der Waals surface area contributed by atoms with E-state index in [-0.39, 0.29) is 5.56 Å². The average molecular weight is 299 g/mol. The maximum absolute atomic E-state index is 12.9. The van der Waals surface area contributed by atoms with E-state index in [2.05, 4.69) is 0 Å². The van der Waals surface area contributed by atoms with Crippen molar-refractivity contribution in [3.05, 3.63) is 29.6 Å². The second-order valence-corrected chi connectivity index (χ2v) is 4.90. The predicted octanol–water partition coefficient (Wildman–Crippen LogP) is 2.19. The van der Waals surface area contributed by atoms with E-state index >= 15 is 0 Å². The summed E-state index contributed by atoms with van der Waals surface area (Å²) in [7, 11) is 0. The Morgan fingerprint density at radius 3 is 2.37 bits per heavy atom. The molecule has 1 rings (SSSR count). The molecule has 8 heteroatoms. The minimum atomic E-state index is -4.98. The Morgan fingerprint density at radius 2 is 1.95 bits per heavy atom. The lowest BCUT2D eigenvalue weighted by Crippen LogP contribution is -2.55. The van der Waals surface area contributed by atoms with Gasteiger partial charge in [-0.05, 0) is 12.3 Å². The normalized spacial score (nSPS) is 17.0. The van der Waals surface area contributed by atoms with Gasteiger partial charge >= 0.3 is 6.18 Å². The van der Waals surface area contributed by atoms with Crippen molar-refractivity contribution in [3.63, 3.8) is 0 Å². The fourth-order valence-electron chi connectivity index (χ4n) is 1.61. The maximum atomic E-state index is 12.9. The van der Waals surface area contributed by atoms with E-state index in [4.69, 9.17) is 5.73 Å². The van der Waals surface area contributed by atoms with Gasteiger partial charge in [-0.3, -0.25) is 0 Å². The van der Waals surface area contributed by atoms with Crippen LogP contribution < -0.4 is 5.73 Å². The van der Waals surface area contributed by atoms with Gasteiger partial charge < -0.3 is 15.9 Å². The topological polar surface area (TPSA) is 66.5 Å². The molecule has 0 saturated heterocycles. The monoisotopic (exact) mass is 299 g/mol. The molecule has 0 saturated carbocycles. The molecule has 0 spiro atoms. The van der Waals surface area contributed by atoms with Gasteiger partial charge in [0.2, 0.25) is 0 Å². The third-order valence-corrected chi connectivity index (χ3v) is 3.43. The lowest BCUT2D eigenvalue weighted by atomic mass is 9.89.